The summed E-state index contributed by atoms with van der Waals surface area (Å²) in [4.78, 5) is 27.7. The summed E-state index contributed by atoms with van der Waals surface area (Å²) in [5.74, 6) is -0.238. The lowest BCUT2D eigenvalue weighted by atomic mass is 10.00. The van der Waals surface area contributed by atoms with Gasteiger partial charge in [0.2, 0.25) is 5.78 Å². The maximum absolute atomic E-state index is 12.9. The Balaban J connectivity index is 2.07. The van der Waals surface area contributed by atoms with E-state index in [-0.39, 0.29) is 17.2 Å². The van der Waals surface area contributed by atoms with E-state index < -0.39 is 4.92 Å². The molecule has 0 bridgehead atoms. The van der Waals surface area contributed by atoms with Crippen molar-refractivity contribution in [1.82, 2.24) is 0 Å². The minimum absolute atomic E-state index is 0.0324. The highest BCUT2D eigenvalue weighted by Crippen LogP contribution is 2.19. The fraction of sp³-hybridized carbons (Fsp3) is 0. The second kappa shape index (κ2) is 7.31. The molecule has 0 atom stereocenters. The Hall–Kier alpha value is -3.60. The third kappa shape index (κ3) is 3.84. The predicted octanol–water partition coefficient (Wildman–Crippen LogP) is 4.60. The van der Waals surface area contributed by atoms with Gasteiger partial charge in [-0.1, -0.05) is 48.5 Å². The van der Waals surface area contributed by atoms with Crippen LogP contribution in [0.1, 0.15) is 15.9 Å². The first-order valence-electron chi connectivity index (χ1n) is 7.63. The molecule has 122 valence electrons. The van der Waals surface area contributed by atoms with Gasteiger partial charge in [0, 0.05) is 23.3 Å². The van der Waals surface area contributed by atoms with Crippen molar-refractivity contribution in [2.45, 2.75) is 0 Å². The highest BCUT2D eigenvalue weighted by molar-refractivity contribution is 6.51. The van der Waals surface area contributed by atoms with Crippen molar-refractivity contribution in [3.63, 3.8) is 0 Å². The lowest BCUT2D eigenvalue weighted by Crippen LogP contribution is -2.15. The van der Waals surface area contributed by atoms with Gasteiger partial charge in [-0.05, 0) is 24.3 Å². The molecule has 3 rings (SSSR count). The van der Waals surface area contributed by atoms with Crippen molar-refractivity contribution >= 4 is 22.9 Å². The molecule has 0 N–H and O–H groups in total. The number of para-hydroxylation sites is 1. The molecule has 0 spiro atoms. The number of hydrogen-bond acceptors (Lipinski definition) is 4. The van der Waals surface area contributed by atoms with Gasteiger partial charge >= 0.3 is 0 Å². The average molecular weight is 330 g/mol. The van der Waals surface area contributed by atoms with Crippen molar-refractivity contribution in [2.24, 2.45) is 4.99 Å². The van der Waals surface area contributed by atoms with Crippen LogP contribution in [0.5, 0.6) is 0 Å². The lowest BCUT2D eigenvalue weighted by molar-refractivity contribution is -0.384. The molecule has 0 radical (unpaired) electrons. The van der Waals surface area contributed by atoms with E-state index in [1.165, 1.54) is 12.1 Å². The molecule has 0 unspecified atom stereocenters. The monoisotopic (exact) mass is 330 g/mol. The molecule has 5 nitrogen and oxygen atoms in total. The summed E-state index contributed by atoms with van der Waals surface area (Å²) >= 11 is 0. The number of aliphatic imine (C=N–C) groups is 1. The Morgan fingerprint density at radius 2 is 1.32 bits per heavy atom. The Morgan fingerprint density at radius 3 is 1.88 bits per heavy atom. The van der Waals surface area contributed by atoms with Crippen LogP contribution in [0, 0.1) is 10.1 Å². The van der Waals surface area contributed by atoms with E-state index in [1.54, 1.807) is 48.5 Å². The quantitative estimate of drug-likeness (QED) is 0.297. The minimum atomic E-state index is -0.475. The van der Waals surface area contributed by atoms with Crippen molar-refractivity contribution < 1.29 is 9.72 Å². The summed E-state index contributed by atoms with van der Waals surface area (Å²) < 4.78 is 0. The lowest BCUT2D eigenvalue weighted by Gasteiger charge is -2.07. The highest BCUT2D eigenvalue weighted by atomic mass is 16.6. The van der Waals surface area contributed by atoms with E-state index in [9.17, 15) is 14.9 Å². The van der Waals surface area contributed by atoms with E-state index in [2.05, 4.69) is 4.99 Å². The topological polar surface area (TPSA) is 72.6 Å². The number of rotatable bonds is 5. The first kappa shape index (κ1) is 16.3. The molecule has 0 fully saturated rings. The number of nitro benzene ring substituents is 1. The van der Waals surface area contributed by atoms with Crippen LogP contribution in [0.15, 0.2) is 89.9 Å². The van der Waals surface area contributed by atoms with Crippen molar-refractivity contribution in [3.05, 3.63) is 106 Å². The Bertz CT molecular complexity index is 918. The van der Waals surface area contributed by atoms with Gasteiger partial charge < -0.3 is 0 Å². The largest absolute Gasteiger partial charge is 0.287 e. The first-order valence-corrected chi connectivity index (χ1v) is 7.63. The predicted molar refractivity (Wildman–Crippen MR) is 96.5 cm³/mol. The Kier molecular flexibility index (Phi) is 4.76. The fourth-order valence-corrected chi connectivity index (χ4v) is 2.35. The molecular weight excluding hydrogens is 316 g/mol. The summed E-state index contributed by atoms with van der Waals surface area (Å²) in [7, 11) is 0. The third-order valence-corrected chi connectivity index (χ3v) is 3.60. The van der Waals surface area contributed by atoms with Crippen LogP contribution < -0.4 is 0 Å². The molecule has 0 saturated carbocycles. The van der Waals surface area contributed by atoms with Gasteiger partial charge in [0.1, 0.15) is 5.71 Å². The molecule has 0 amide bonds. The standard InChI is InChI=1S/C20H14N2O3/c23-20(16-7-3-1-4-8-16)19(21-17-9-5-2-6-10-17)15-11-13-18(14-12-15)22(24)25/h1-14H. The summed E-state index contributed by atoms with van der Waals surface area (Å²) in [6.45, 7) is 0. The molecule has 0 aliphatic heterocycles. The normalized spacial score (nSPS) is 11.1. The van der Waals surface area contributed by atoms with Gasteiger partial charge in [-0.3, -0.25) is 14.9 Å². The SMILES string of the molecule is O=C(C(=Nc1ccccc1)c1ccc([N+](=O)[O-])cc1)c1ccccc1. The molecule has 0 aromatic heterocycles. The zero-order chi connectivity index (χ0) is 17.6. The van der Waals surface area contributed by atoms with Crippen molar-refractivity contribution in [3.8, 4) is 0 Å². The van der Waals surface area contributed by atoms with Gasteiger partial charge in [-0.2, -0.15) is 0 Å². The highest BCUT2D eigenvalue weighted by Gasteiger charge is 2.17. The van der Waals surface area contributed by atoms with E-state index in [4.69, 9.17) is 0 Å². The summed E-state index contributed by atoms with van der Waals surface area (Å²) in [6, 6.07) is 23.8. The van der Waals surface area contributed by atoms with Gasteiger partial charge in [-0.15, -0.1) is 0 Å². The van der Waals surface area contributed by atoms with Crippen LogP contribution in [0.4, 0.5) is 11.4 Å². The maximum atomic E-state index is 12.9. The molecule has 0 heterocycles. The molecule has 5 heteroatoms. The number of nitrogens with zero attached hydrogens (tertiary/aromatic N) is 2. The number of benzene rings is 3. The Morgan fingerprint density at radius 1 is 0.760 bits per heavy atom. The van der Waals surface area contributed by atoms with Crippen LogP contribution in [-0.4, -0.2) is 16.4 Å². The van der Waals surface area contributed by atoms with Crippen LogP contribution in [-0.2, 0) is 0 Å². The number of ketones is 1. The molecule has 0 aliphatic rings. The first-order chi connectivity index (χ1) is 12.1. The molecule has 3 aromatic rings. The summed E-state index contributed by atoms with van der Waals surface area (Å²) in [6.07, 6.45) is 0. The summed E-state index contributed by atoms with van der Waals surface area (Å²) in [5, 5.41) is 10.8. The second-order valence-corrected chi connectivity index (χ2v) is 5.30. The number of hydrogen-bond donors (Lipinski definition) is 0. The van der Waals surface area contributed by atoms with Crippen LogP contribution >= 0.6 is 0 Å². The Labute approximate surface area is 144 Å². The van der Waals surface area contributed by atoms with E-state index in [0.29, 0.717) is 16.8 Å². The van der Waals surface area contributed by atoms with Crippen molar-refractivity contribution in [1.29, 1.82) is 0 Å². The molecule has 0 aliphatic carbocycles. The van der Waals surface area contributed by atoms with Gasteiger partial charge in [-0.25, -0.2) is 4.99 Å². The van der Waals surface area contributed by atoms with Crippen LogP contribution in [0.3, 0.4) is 0 Å². The number of carbonyl (C=O) groups is 1. The van der Waals surface area contributed by atoms with Crippen LogP contribution in [0.25, 0.3) is 0 Å². The number of Topliss-reactive ketones (excluding diaryl/α,β-unsaturated/α-hetero) is 1. The number of nitro groups is 1. The second-order valence-electron chi connectivity index (χ2n) is 5.30. The zero-order valence-corrected chi connectivity index (χ0v) is 13.2. The van der Waals surface area contributed by atoms with E-state index >= 15 is 0 Å². The third-order valence-electron chi connectivity index (χ3n) is 3.60. The molecular formula is C20H14N2O3. The molecule has 0 saturated heterocycles. The van der Waals surface area contributed by atoms with Crippen LogP contribution in [0.2, 0.25) is 0 Å². The molecule has 25 heavy (non-hydrogen) atoms. The number of carbonyl (C=O) groups excluding carboxylic acids is 1. The maximum Gasteiger partial charge on any atom is 0.269 e. The zero-order valence-electron chi connectivity index (χ0n) is 13.2. The number of non-ortho nitro benzene ring substituents is 1. The van der Waals surface area contributed by atoms with Gasteiger partial charge in [0.25, 0.3) is 5.69 Å². The van der Waals surface area contributed by atoms with E-state index in [0.717, 1.165) is 0 Å². The molecule has 3 aromatic carbocycles. The smallest absolute Gasteiger partial charge is 0.269 e. The fourth-order valence-electron chi connectivity index (χ4n) is 2.35. The van der Waals surface area contributed by atoms with Crippen molar-refractivity contribution in [2.75, 3.05) is 0 Å². The summed E-state index contributed by atoms with van der Waals surface area (Å²) in [5.41, 5.74) is 1.89. The van der Waals surface area contributed by atoms with Gasteiger partial charge in [0.05, 0.1) is 10.6 Å². The van der Waals surface area contributed by atoms with Gasteiger partial charge in [0.15, 0.2) is 0 Å². The van der Waals surface area contributed by atoms with E-state index in [1.807, 2.05) is 24.3 Å². The average Bonchev–Trinajstić information content (AvgIpc) is 2.67. The minimum Gasteiger partial charge on any atom is -0.287 e.